The molecule has 0 saturated heterocycles. The highest BCUT2D eigenvalue weighted by molar-refractivity contribution is 5.44. The van der Waals surface area contributed by atoms with Gasteiger partial charge in [0.25, 0.3) is 0 Å². The fourth-order valence-corrected chi connectivity index (χ4v) is 1.69. The second-order valence-corrected chi connectivity index (χ2v) is 4.55. The minimum Gasteiger partial charge on any atom is -0.387 e. The fraction of sp³-hybridized carbons (Fsp3) is 0.615. The molecule has 0 aromatic carbocycles. The van der Waals surface area contributed by atoms with Crippen molar-refractivity contribution in [2.75, 3.05) is 18.0 Å². The summed E-state index contributed by atoms with van der Waals surface area (Å²) in [6.07, 6.45) is 1.35. The van der Waals surface area contributed by atoms with E-state index in [0.29, 0.717) is 5.92 Å². The molecule has 1 unspecified atom stereocenters. The first-order chi connectivity index (χ1) is 7.54. The Kier molecular flexibility index (Phi) is 4.74. The average molecular weight is 222 g/mol. The molecule has 1 rings (SSSR count). The summed E-state index contributed by atoms with van der Waals surface area (Å²) in [4.78, 5) is 6.56. The van der Waals surface area contributed by atoms with Gasteiger partial charge < -0.3 is 10.0 Å². The second-order valence-electron chi connectivity index (χ2n) is 4.55. The lowest BCUT2D eigenvalue weighted by atomic mass is 10.2. The fourth-order valence-electron chi connectivity index (χ4n) is 1.69. The van der Waals surface area contributed by atoms with Gasteiger partial charge in [0.15, 0.2) is 0 Å². The van der Waals surface area contributed by atoms with Crippen LogP contribution in [0.3, 0.4) is 0 Å². The Balaban J connectivity index is 2.78. The standard InChI is InChI=1S/C13H22N2O/c1-5-15(9-10(2)3)12-6-7-13(11(4)16)14-8-12/h6-8,10-11,16H,5,9H2,1-4H3. The van der Waals surface area contributed by atoms with Crippen LogP contribution in [0, 0.1) is 5.92 Å². The number of aliphatic hydroxyl groups excluding tert-OH is 1. The van der Waals surface area contributed by atoms with Crippen molar-refractivity contribution in [3.05, 3.63) is 24.0 Å². The van der Waals surface area contributed by atoms with E-state index in [-0.39, 0.29) is 0 Å². The Morgan fingerprint density at radius 3 is 2.38 bits per heavy atom. The quantitative estimate of drug-likeness (QED) is 0.832. The van der Waals surface area contributed by atoms with E-state index in [2.05, 4.69) is 30.7 Å². The zero-order chi connectivity index (χ0) is 12.1. The highest BCUT2D eigenvalue weighted by Gasteiger charge is 2.08. The minimum absolute atomic E-state index is 0.491. The minimum atomic E-state index is -0.491. The molecule has 1 heterocycles. The molecule has 0 aliphatic heterocycles. The Morgan fingerprint density at radius 1 is 1.31 bits per heavy atom. The molecule has 0 bridgehead atoms. The van der Waals surface area contributed by atoms with Crippen LogP contribution in [-0.4, -0.2) is 23.2 Å². The van der Waals surface area contributed by atoms with Crippen molar-refractivity contribution in [3.8, 4) is 0 Å². The van der Waals surface area contributed by atoms with Gasteiger partial charge in [-0.1, -0.05) is 13.8 Å². The summed E-state index contributed by atoms with van der Waals surface area (Å²) in [5.74, 6) is 0.636. The van der Waals surface area contributed by atoms with Crippen LogP contribution in [0.25, 0.3) is 0 Å². The molecule has 1 aromatic heterocycles. The number of aliphatic hydroxyl groups is 1. The number of aromatic nitrogens is 1. The summed E-state index contributed by atoms with van der Waals surface area (Å²) in [6, 6.07) is 3.92. The van der Waals surface area contributed by atoms with Gasteiger partial charge in [-0.05, 0) is 31.9 Å². The van der Waals surface area contributed by atoms with Crippen molar-refractivity contribution < 1.29 is 5.11 Å². The molecule has 0 radical (unpaired) electrons. The van der Waals surface area contributed by atoms with Crippen LogP contribution in [0.2, 0.25) is 0 Å². The maximum Gasteiger partial charge on any atom is 0.0931 e. The van der Waals surface area contributed by atoms with Crippen molar-refractivity contribution in [1.29, 1.82) is 0 Å². The summed E-state index contributed by atoms with van der Waals surface area (Å²) < 4.78 is 0. The van der Waals surface area contributed by atoms with E-state index in [4.69, 9.17) is 0 Å². The molecule has 0 saturated carbocycles. The van der Waals surface area contributed by atoms with E-state index >= 15 is 0 Å². The Hall–Kier alpha value is -1.09. The van der Waals surface area contributed by atoms with Gasteiger partial charge in [0.1, 0.15) is 0 Å². The molecule has 0 aliphatic rings. The summed E-state index contributed by atoms with van der Waals surface area (Å²) in [5, 5.41) is 9.38. The smallest absolute Gasteiger partial charge is 0.0931 e. The van der Waals surface area contributed by atoms with Crippen LogP contribution in [0.4, 0.5) is 5.69 Å². The maximum atomic E-state index is 9.38. The number of pyridine rings is 1. The van der Waals surface area contributed by atoms with E-state index in [0.717, 1.165) is 24.5 Å². The Labute approximate surface area is 98.1 Å². The molecule has 1 aromatic rings. The number of rotatable bonds is 5. The molecule has 1 atom stereocenters. The third-order valence-electron chi connectivity index (χ3n) is 2.53. The average Bonchev–Trinajstić information content (AvgIpc) is 2.25. The molecule has 90 valence electrons. The highest BCUT2D eigenvalue weighted by Crippen LogP contribution is 2.17. The topological polar surface area (TPSA) is 36.4 Å². The molecule has 16 heavy (non-hydrogen) atoms. The van der Waals surface area contributed by atoms with E-state index in [1.807, 2.05) is 18.3 Å². The molecule has 0 spiro atoms. The zero-order valence-electron chi connectivity index (χ0n) is 10.6. The lowest BCUT2D eigenvalue weighted by Crippen LogP contribution is -2.27. The van der Waals surface area contributed by atoms with Gasteiger partial charge in [-0.25, -0.2) is 0 Å². The lowest BCUT2D eigenvalue weighted by molar-refractivity contribution is 0.194. The second kappa shape index (κ2) is 5.85. The number of hydrogen-bond donors (Lipinski definition) is 1. The van der Waals surface area contributed by atoms with Crippen LogP contribution in [0.15, 0.2) is 18.3 Å². The first kappa shape index (κ1) is 13.0. The normalized spacial score (nSPS) is 12.9. The van der Waals surface area contributed by atoms with Crippen LogP contribution >= 0.6 is 0 Å². The third-order valence-corrected chi connectivity index (χ3v) is 2.53. The largest absolute Gasteiger partial charge is 0.387 e. The van der Waals surface area contributed by atoms with Crippen molar-refractivity contribution in [2.24, 2.45) is 5.92 Å². The Morgan fingerprint density at radius 2 is 2.00 bits per heavy atom. The van der Waals surface area contributed by atoms with Crippen LogP contribution in [-0.2, 0) is 0 Å². The van der Waals surface area contributed by atoms with Crippen molar-refractivity contribution in [2.45, 2.75) is 33.8 Å². The van der Waals surface area contributed by atoms with Gasteiger partial charge in [-0.3, -0.25) is 4.98 Å². The first-order valence-electron chi connectivity index (χ1n) is 5.93. The summed E-state index contributed by atoms with van der Waals surface area (Å²) in [7, 11) is 0. The third kappa shape index (κ3) is 3.49. The zero-order valence-corrected chi connectivity index (χ0v) is 10.6. The molecule has 3 heteroatoms. The van der Waals surface area contributed by atoms with Gasteiger partial charge >= 0.3 is 0 Å². The number of anilines is 1. The SMILES string of the molecule is CCN(CC(C)C)c1ccc(C(C)O)nc1. The van der Waals surface area contributed by atoms with Gasteiger partial charge in [0.2, 0.25) is 0 Å². The van der Waals surface area contributed by atoms with Crippen LogP contribution < -0.4 is 4.90 Å². The van der Waals surface area contributed by atoms with E-state index < -0.39 is 6.10 Å². The maximum absolute atomic E-state index is 9.38. The summed E-state index contributed by atoms with van der Waals surface area (Å²) in [5.41, 5.74) is 1.85. The molecular weight excluding hydrogens is 200 g/mol. The molecule has 3 nitrogen and oxygen atoms in total. The number of nitrogens with zero attached hydrogens (tertiary/aromatic N) is 2. The molecule has 0 amide bonds. The van der Waals surface area contributed by atoms with E-state index in [1.54, 1.807) is 6.92 Å². The molecule has 1 N–H and O–H groups in total. The molecular formula is C13H22N2O. The van der Waals surface area contributed by atoms with Crippen molar-refractivity contribution in [1.82, 2.24) is 4.98 Å². The highest BCUT2D eigenvalue weighted by atomic mass is 16.3. The van der Waals surface area contributed by atoms with Gasteiger partial charge in [-0.2, -0.15) is 0 Å². The van der Waals surface area contributed by atoms with Gasteiger partial charge in [0, 0.05) is 13.1 Å². The molecule has 0 fully saturated rings. The van der Waals surface area contributed by atoms with Crippen LogP contribution in [0.5, 0.6) is 0 Å². The summed E-state index contributed by atoms with van der Waals surface area (Å²) >= 11 is 0. The number of hydrogen-bond acceptors (Lipinski definition) is 3. The predicted molar refractivity (Wildman–Crippen MR) is 67.6 cm³/mol. The summed E-state index contributed by atoms with van der Waals surface area (Å²) in [6.45, 7) is 10.3. The first-order valence-corrected chi connectivity index (χ1v) is 5.93. The van der Waals surface area contributed by atoms with Gasteiger partial charge in [-0.15, -0.1) is 0 Å². The van der Waals surface area contributed by atoms with Crippen LogP contribution in [0.1, 0.15) is 39.5 Å². The van der Waals surface area contributed by atoms with Gasteiger partial charge in [0.05, 0.1) is 23.7 Å². The molecule has 0 aliphatic carbocycles. The van der Waals surface area contributed by atoms with E-state index in [1.165, 1.54) is 0 Å². The van der Waals surface area contributed by atoms with Crippen molar-refractivity contribution >= 4 is 5.69 Å². The Bertz CT molecular complexity index is 306. The van der Waals surface area contributed by atoms with E-state index in [9.17, 15) is 5.11 Å². The lowest BCUT2D eigenvalue weighted by Gasteiger charge is -2.25. The van der Waals surface area contributed by atoms with Crippen molar-refractivity contribution in [3.63, 3.8) is 0 Å². The predicted octanol–water partition coefficient (Wildman–Crippen LogP) is 2.62. The monoisotopic (exact) mass is 222 g/mol.